The van der Waals surface area contributed by atoms with Crippen molar-refractivity contribution < 1.29 is 0 Å². The van der Waals surface area contributed by atoms with Crippen LogP contribution in [0.3, 0.4) is 0 Å². The van der Waals surface area contributed by atoms with Gasteiger partial charge in [0.25, 0.3) is 0 Å². The van der Waals surface area contributed by atoms with Gasteiger partial charge in [-0.1, -0.05) is 105 Å². The molecule has 2 heteroatoms. The number of anilines is 1. The summed E-state index contributed by atoms with van der Waals surface area (Å²) in [6.45, 7) is 4.44. The van der Waals surface area contributed by atoms with Gasteiger partial charge < -0.3 is 5.32 Å². The number of aromatic nitrogens is 1. The number of rotatable bonds is 6. The van der Waals surface area contributed by atoms with Crippen molar-refractivity contribution in [2.24, 2.45) is 0 Å². The fourth-order valence-corrected chi connectivity index (χ4v) is 4.32. The van der Waals surface area contributed by atoms with Gasteiger partial charge in [0, 0.05) is 11.3 Å². The largest absolute Gasteiger partial charge is 0.373 e. The summed E-state index contributed by atoms with van der Waals surface area (Å²) in [6, 6.07) is 40.5. The Labute approximate surface area is 196 Å². The molecule has 0 aliphatic carbocycles. The molecule has 0 fully saturated rings. The summed E-state index contributed by atoms with van der Waals surface area (Å²) in [7, 11) is 0. The maximum Gasteiger partial charge on any atom is 0.0940 e. The number of nitrogens with one attached hydrogen (secondary N) is 1. The molecule has 0 bridgehead atoms. The van der Waals surface area contributed by atoms with E-state index in [-0.39, 0.29) is 6.04 Å². The van der Waals surface area contributed by atoms with Gasteiger partial charge in [0.05, 0.1) is 17.4 Å². The Morgan fingerprint density at radius 2 is 1.30 bits per heavy atom. The van der Waals surface area contributed by atoms with Crippen LogP contribution in [0.2, 0.25) is 0 Å². The van der Waals surface area contributed by atoms with Crippen molar-refractivity contribution in [3.05, 3.63) is 132 Å². The van der Waals surface area contributed by atoms with Crippen LogP contribution in [-0.4, -0.2) is 4.98 Å². The monoisotopic (exact) mass is 428 g/mol. The van der Waals surface area contributed by atoms with E-state index in [0.29, 0.717) is 5.92 Å². The predicted octanol–water partition coefficient (Wildman–Crippen LogP) is 8.23. The Balaban J connectivity index is 1.56. The third-order valence-electron chi connectivity index (χ3n) is 6.15. The van der Waals surface area contributed by atoms with Crippen LogP contribution in [-0.2, 0) is 0 Å². The maximum atomic E-state index is 5.15. The van der Waals surface area contributed by atoms with Crippen LogP contribution < -0.4 is 5.32 Å². The summed E-state index contributed by atoms with van der Waals surface area (Å²) in [4.78, 5) is 5.15. The third-order valence-corrected chi connectivity index (χ3v) is 6.15. The van der Waals surface area contributed by atoms with Gasteiger partial charge in [0.15, 0.2) is 0 Å². The third kappa shape index (κ3) is 4.51. The molecule has 162 valence electrons. The second-order valence-corrected chi connectivity index (χ2v) is 8.74. The van der Waals surface area contributed by atoms with E-state index >= 15 is 0 Å². The quantitative estimate of drug-likeness (QED) is 0.295. The summed E-state index contributed by atoms with van der Waals surface area (Å²) in [5, 5.41) is 6.18. The normalized spacial score (nSPS) is 12.1. The second kappa shape index (κ2) is 9.30. The zero-order valence-electron chi connectivity index (χ0n) is 19.1. The van der Waals surface area contributed by atoms with E-state index in [4.69, 9.17) is 4.98 Å². The first-order chi connectivity index (χ1) is 16.2. The maximum absolute atomic E-state index is 5.15. The minimum Gasteiger partial charge on any atom is -0.373 e. The van der Waals surface area contributed by atoms with Crippen molar-refractivity contribution in [3.8, 4) is 11.3 Å². The first-order valence-electron chi connectivity index (χ1n) is 11.6. The smallest absolute Gasteiger partial charge is 0.0940 e. The van der Waals surface area contributed by atoms with Gasteiger partial charge in [0.1, 0.15) is 0 Å². The van der Waals surface area contributed by atoms with Gasteiger partial charge in [0.2, 0.25) is 0 Å². The van der Waals surface area contributed by atoms with E-state index in [1.54, 1.807) is 0 Å². The summed E-state index contributed by atoms with van der Waals surface area (Å²) in [6.07, 6.45) is 0. The van der Waals surface area contributed by atoms with Gasteiger partial charge in [-0.25, -0.2) is 0 Å². The minimum atomic E-state index is -0.0500. The highest BCUT2D eigenvalue weighted by Crippen LogP contribution is 2.31. The van der Waals surface area contributed by atoms with Crippen LogP contribution in [0.5, 0.6) is 0 Å². The lowest BCUT2D eigenvalue weighted by Gasteiger charge is -2.21. The van der Waals surface area contributed by atoms with E-state index in [1.165, 1.54) is 21.9 Å². The highest BCUT2D eigenvalue weighted by atomic mass is 14.9. The fourth-order valence-electron chi connectivity index (χ4n) is 4.32. The Morgan fingerprint density at radius 3 is 2.09 bits per heavy atom. The number of hydrogen-bond donors (Lipinski definition) is 1. The molecule has 5 aromatic rings. The van der Waals surface area contributed by atoms with E-state index in [2.05, 4.69) is 134 Å². The van der Waals surface area contributed by atoms with Crippen molar-refractivity contribution in [2.75, 3.05) is 5.32 Å². The highest BCUT2D eigenvalue weighted by molar-refractivity contribution is 5.95. The van der Waals surface area contributed by atoms with Crippen LogP contribution in [0.4, 0.5) is 5.69 Å². The van der Waals surface area contributed by atoms with Gasteiger partial charge in [-0.2, -0.15) is 0 Å². The Bertz CT molecular complexity index is 1350. The topological polar surface area (TPSA) is 24.9 Å². The molecule has 1 aromatic heterocycles. The summed E-state index contributed by atoms with van der Waals surface area (Å²) in [5.74, 6) is 0.517. The predicted molar refractivity (Wildman–Crippen MR) is 140 cm³/mol. The van der Waals surface area contributed by atoms with E-state index in [9.17, 15) is 0 Å². The summed E-state index contributed by atoms with van der Waals surface area (Å²) >= 11 is 0. The van der Waals surface area contributed by atoms with E-state index in [1.807, 2.05) is 0 Å². The van der Waals surface area contributed by atoms with Gasteiger partial charge >= 0.3 is 0 Å². The SMILES string of the molecule is CC(C)c1ccc(NC(c2ccccc2)c2cccc(-c3cccc4ccccc34)n2)cc1. The van der Waals surface area contributed by atoms with Crippen molar-refractivity contribution in [3.63, 3.8) is 0 Å². The molecule has 0 saturated heterocycles. The Morgan fingerprint density at radius 1 is 0.606 bits per heavy atom. The second-order valence-electron chi connectivity index (χ2n) is 8.74. The molecule has 0 radical (unpaired) electrons. The molecular formula is C31H28N2. The molecule has 2 nitrogen and oxygen atoms in total. The van der Waals surface area contributed by atoms with Crippen molar-refractivity contribution in [2.45, 2.75) is 25.8 Å². The lowest BCUT2D eigenvalue weighted by atomic mass is 9.99. The lowest BCUT2D eigenvalue weighted by Crippen LogP contribution is -2.14. The zero-order chi connectivity index (χ0) is 22.6. The van der Waals surface area contributed by atoms with Crippen LogP contribution in [0.15, 0.2) is 115 Å². The summed E-state index contributed by atoms with van der Waals surface area (Å²) < 4.78 is 0. The lowest BCUT2D eigenvalue weighted by molar-refractivity contribution is 0.863. The number of pyridine rings is 1. The molecule has 1 unspecified atom stereocenters. The average Bonchev–Trinajstić information content (AvgIpc) is 2.88. The molecule has 0 amide bonds. The molecule has 0 saturated carbocycles. The molecule has 0 aliphatic rings. The molecule has 1 heterocycles. The number of nitrogens with zero attached hydrogens (tertiary/aromatic N) is 1. The van der Waals surface area contributed by atoms with Crippen molar-refractivity contribution in [1.82, 2.24) is 4.98 Å². The van der Waals surface area contributed by atoms with Gasteiger partial charge in [-0.15, -0.1) is 0 Å². The number of fused-ring (bicyclic) bond motifs is 1. The first-order valence-corrected chi connectivity index (χ1v) is 11.6. The molecule has 5 rings (SSSR count). The number of benzene rings is 4. The van der Waals surface area contributed by atoms with E-state index < -0.39 is 0 Å². The fraction of sp³-hybridized carbons (Fsp3) is 0.129. The van der Waals surface area contributed by atoms with Gasteiger partial charge in [-0.3, -0.25) is 4.98 Å². The highest BCUT2D eigenvalue weighted by Gasteiger charge is 2.17. The Hall–Kier alpha value is -3.91. The molecule has 1 N–H and O–H groups in total. The molecule has 1 atom stereocenters. The van der Waals surface area contributed by atoms with Gasteiger partial charge in [-0.05, 0) is 52.1 Å². The van der Waals surface area contributed by atoms with Crippen LogP contribution in [0.25, 0.3) is 22.0 Å². The van der Waals surface area contributed by atoms with Crippen molar-refractivity contribution >= 4 is 16.5 Å². The standard InChI is InChI=1S/C31H28N2/c1-22(2)23-18-20-26(21-19-23)32-31(25-11-4-3-5-12-25)30-17-9-16-29(33-30)28-15-8-13-24-10-6-7-14-27(24)28/h3-22,31-32H,1-2H3. The molecule has 0 aliphatic heterocycles. The molecule has 33 heavy (non-hydrogen) atoms. The van der Waals surface area contributed by atoms with Crippen LogP contribution >= 0.6 is 0 Å². The van der Waals surface area contributed by atoms with Crippen molar-refractivity contribution in [1.29, 1.82) is 0 Å². The molecule has 0 spiro atoms. The van der Waals surface area contributed by atoms with Crippen LogP contribution in [0, 0.1) is 0 Å². The van der Waals surface area contributed by atoms with Crippen LogP contribution in [0.1, 0.15) is 42.6 Å². The Kier molecular flexibility index (Phi) is 5.91. The molecule has 4 aromatic carbocycles. The molecular weight excluding hydrogens is 400 g/mol. The first kappa shape index (κ1) is 21.0. The minimum absolute atomic E-state index is 0.0500. The summed E-state index contributed by atoms with van der Waals surface area (Å²) in [5.41, 5.74) is 6.76. The zero-order valence-corrected chi connectivity index (χ0v) is 19.1. The average molecular weight is 429 g/mol. The number of hydrogen-bond acceptors (Lipinski definition) is 2. The van der Waals surface area contributed by atoms with E-state index in [0.717, 1.165) is 22.6 Å².